The van der Waals surface area contributed by atoms with Crippen molar-refractivity contribution in [2.75, 3.05) is 6.54 Å². The van der Waals surface area contributed by atoms with Gasteiger partial charge in [0.25, 0.3) is 0 Å². The quantitative estimate of drug-likeness (QED) is 0.701. The van der Waals surface area contributed by atoms with Gasteiger partial charge in [0.1, 0.15) is 0 Å². The molecule has 2 rings (SSSR count). The van der Waals surface area contributed by atoms with Gasteiger partial charge in [-0.15, -0.1) is 0 Å². The fourth-order valence-electron chi connectivity index (χ4n) is 1.63. The molecular weight excluding hydrogens is 184 g/mol. The SMILES string of the molecule is CC1=NC(c2cccc(C(C)C)c2)=NC1. The Labute approximate surface area is 90.8 Å². The van der Waals surface area contributed by atoms with E-state index in [2.05, 4.69) is 48.1 Å². The van der Waals surface area contributed by atoms with Gasteiger partial charge in [-0.3, -0.25) is 4.99 Å². The molecule has 2 nitrogen and oxygen atoms in total. The molecule has 0 bridgehead atoms. The van der Waals surface area contributed by atoms with Crippen LogP contribution in [0.4, 0.5) is 0 Å². The molecule has 0 N–H and O–H groups in total. The van der Waals surface area contributed by atoms with E-state index in [9.17, 15) is 0 Å². The molecule has 2 heteroatoms. The van der Waals surface area contributed by atoms with E-state index in [1.165, 1.54) is 5.56 Å². The maximum absolute atomic E-state index is 4.43. The van der Waals surface area contributed by atoms with Crippen molar-refractivity contribution in [1.82, 2.24) is 0 Å². The summed E-state index contributed by atoms with van der Waals surface area (Å²) in [6, 6.07) is 8.50. The van der Waals surface area contributed by atoms with Crippen molar-refractivity contribution in [3.8, 4) is 0 Å². The van der Waals surface area contributed by atoms with E-state index in [4.69, 9.17) is 0 Å². The van der Waals surface area contributed by atoms with Gasteiger partial charge < -0.3 is 0 Å². The minimum absolute atomic E-state index is 0.553. The summed E-state index contributed by atoms with van der Waals surface area (Å²) in [4.78, 5) is 8.83. The Morgan fingerprint density at radius 2 is 2.07 bits per heavy atom. The number of hydrogen-bond donors (Lipinski definition) is 0. The molecule has 1 aliphatic heterocycles. The van der Waals surface area contributed by atoms with E-state index in [0.717, 1.165) is 23.7 Å². The van der Waals surface area contributed by atoms with Gasteiger partial charge >= 0.3 is 0 Å². The molecule has 0 saturated heterocycles. The standard InChI is InChI=1S/C13H16N2/c1-9(2)11-5-4-6-12(7-11)13-14-8-10(3)15-13/h4-7,9H,8H2,1-3H3. The number of nitrogens with zero attached hydrogens (tertiary/aromatic N) is 2. The molecule has 15 heavy (non-hydrogen) atoms. The zero-order valence-corrected chi connectivity index (χ0v) is 9.49. The molecule has 1 aliphatic rings. The highest BCUT2D eigenvalue weighted by molar-refractivity contribution is 6.11. The Balaban J connectivity index is 2.34. The van der Waals surface area contributed by atoms with Crippen molar-refractivity contribution in [2.45, 2.75) is 26.7 Å². The minimum atomic E-state index is 0.553. The van der Waals surface area contributed by atoms with E-state index >= 15 is 0 Å². The van der Waals surface area contributed by atoms with Gasteiger partial charge in [-0.25, -0.2) is 4.99 Å². The molecule has 1 aromatic rings. The summed E-state index contributed by atoms with van der Waals surface area (Å²) in [7, 11) is 0. The molecule has 0 aromatic heterocycles. The van der Waals surface area contributed by atoms with Crippen LogP contribution < -0.4 is 0 Å². The second kappa shape index (κ2) is 3.97. The summed E-state index contributed by atoms with van der Waals surface area (Å²) in [6.45, 7) is 7.16. The van der Waals surface area contributed by atoms with Crippen molar-refractivity contribution in [3.63, 3.8) is 0 Å². The van der Waals surface area contributed by atoms with E-state index in [-0.39, 0.29) is 0 Å². The second-order valence-electron chi connectivity index (χ2n) is 4.27. The molecule has 0 aliphatic carbocycles. The minimum Gasteiger partial charge on any atom is -0.260 e. The van der Waals surface area contributed by atoms with Gasteiger partial charge in [0.2, 0.25) is 0 Å². The smallest absolute Gasteiger partial charge is 0.154 e. The van der Waals surface area contributed by atoms with Gasteiger partial charge in [-0.1, -0.05) is 32.0 Å². The lowest BCUT2D eigenvalue weighted by Gasteiger charge is -2.06. The average Bonchev–Trinajstić information content (AvgIpc) is 2.65. The number of rotatable bonds is 2. The highest BCUT2D eigenvalue weighted by Gasteiger charge is 2.09. The summed E-state index contributed by atoms with van der Waals surface area (Å²) >= 11 is 0. The van der Waals surface area contributed by atoms with E-state index in [1.807, 2.05) is 6.92 Å². The van der Waals surface area contributed by atoms with Crippen LogP contribution in [0, 0.1) is 0 Å². The van der Waals surface area contributed by atoms with Gasteiger partial charge in [0.05, 0.1) is 6.54 Å². The van der Waals surface area contributed by atoms with Crippen LogP contribution in [0.15, 0.2) is 34.3 Å². The summed E-state index contributed by atoms with van der Waals surface area (Å²) in [5.74, 6) is 1.44. The van der Waals surface area contributed by atoms with Gasteiger partial charge in [-0.05, 0) is 24.5 Å². The molecule has 0 radical (unpaired) electrons. The summed E-state index contributed by atoms with van der Waals surface area (Å²) in [6.07, 6.45) is 0. The highest BCUT2D eigenvalue weighted by Crippen LogP contribution is 2.17. The molecule has 1 heterocycles. The van der Waals surface area contributed by atoms with Gasteiger partial charge in [-0.2, -0.15) is 0 Å². The normalized spacial score (nSPS) is 15.5. The molecule has 0 atom stereocenters. The molecule has 0 saturated carbocycles. The molecule has 1 aromatic carbocycles. The van der Waals surface area contributed by atoms with Crippen LogP contribution in [-0.2, 0) is 0 Å². The first-order chi connectivity index (χ1) is 7.16. The van der Waals surface area contributed by atoms with Gasteiger partial charge in [0, 0.05) is 11.3 Å². The molecular formula is C13H16N2. The van der Waals surface area contributed by atoms with Crippen molar-refractivity contribution in [3.05, 3.63) is 35.4 Å². The third-order valence-corrected chi connectivity index (χ3v) is 2.57. The Hall–Kier alpha value is -1.44. The van der Waals surface area contributed by atoms with Crippen LogP contribution in [-0.4, -0.2) is 18.1 Å². The Bertz CT molecular complexity index is 428. The molecule has 0 fully saturated rings. The van der Waals surface area contributed by atoms with Crippen LogP contribution in [0.1, 0.15) is 37.8 Å². The number of aliphatic imine (C=N–C) groups is 2. The first kappa shape index (κ1) is 10.1. The van der Waals surface area contributed by atoms with Crippen molar-refractivity contribution in [2.24, 2.45) is 9.98 Å². The summed E-state index contributed by atoms with van der Waals surface area (Å²) in [5, 5.41) is 0. The molecule has 78 valence electrons. The first-order valence-electron chi connectivity index (χ1n) is 5.36. The van der Waals surface area contributed by atoms with Gasteiger partial charge in [0.15, 0.2) is 5.84 Å². The molecule has 0 unspecified atom stereocenters. The molecule has 0 spiro atoms. The number of amidine groups is 1. The topological polar surface area (TPSA) is 24.7 Å². The predicted molar refractivity (Wildman–Crippen MR) is 65.0 cm³/mol. The fraction of sp³-hybridized carbons (Fsp3) is 0.385. The Morgan fingerprint density at radius 3 is 2.67 bits per heavy atom. The lowest BCUT2D eigenvalue weighted by molar-refractivity contribution is 0.866. The fourth-order valence-corrected chi connectivity index (χ4v) is 1.63. The summed E-state index contributed by atoms with van der Waals surface area (Å²) in [5.41, 5.74) is 3.58. The monoisotopic (exact) mass is 200 g/mol. The maximum Gasteiger partial charge on any atom is 0.154 e. The zero-order chi connectivity index (χ0) is 10.8. The van der Waals surface area contributed by atoms with E-state index in [1.54, 1.807) is 0 Å². The van der Waals surface area contributed by atoms with Crippen molar-refractivity contribution < 1.29 is 0 Å². The number of benzene rings is 1. The average molecular weight is 200 g/mol. The van der Waals surface area contributed by atoms with E-state index < -0.39 is 0 Å². The predicted octanol–water partition coefficient (Wildman–Crippen LogP) is 3.03. The van der Waals surface area contributed by atoms with Crippen LogP contribution in [0.5, 0.6) is 0 Å². The van der Waals surface area contributed by atoms with Crippen LogP contribution in [0.3, 0.4) is 0 Å². The third-order valence-electron chi connectivity index (χ3n) is 2.57. The lowest BCUT2D eigenvalue weighted by Crippen LogP contribution is -1.96. The third kappa shape index (κ3) is 2.14. The first-order valence-corrected chi connectivity index (χ1v) is 5.36. The summed E-state index contributed by atoms with van der Waals surface area (Å²) < 4.78 is 0. The lowest BCUT2D eigenvalue weighted by atomic mass is 10.0. The van der Waals surface area contributed by atoms with Crippen molar-refractivity contribution in [1.29, 1.82) is 0 Å². The largest absolute Gasteiger partial charge is 0.260 e. The Kier molecular flexibility index (Phi) is 2.67. The maximum atomic E-state index is 4.43. The molecule has 0 amide bonds. The second-order valence-corrected chi connectivity index (χ2v) is 4.27. The highest BCUT2D eigenvalue weighted by atomic mass is 15.0. The van der Waals surface area contributed by atoms with Crippen molar-refractivity contribution >= 4 is 11.5 Å². The van der Waals surface area contributed by atoms with Crippen LogP contribution >= 0.6 is 0 Å². The van der Waals surface area contributed by atoms with Crippen LogP contribution in [0.2, 0.25) is 0 Å². The Morgan fingerprint density at radius 1 is 1.27 bits per heavy atom. The number of hydrogen-bond acceptors (Lipinski definition) is 2. The van der Waals surface area contributed by atoms with Crippen LogP contribution in [0.25, 0.3) is 0 Å². The zero-order valence-electron chi connectivity index (χ0n) is 9.49. The van der Waals surface area contributed by atoms with E-state index in [0.29, 0.717) is 5.92 Å².